The second kappa shape index (κ2) is 7.33. The summed E-state index contributed by atoms with van der Waals surface area (Å²) >= 11 is 6.24. The number of nitrogens with zero attached hydrogens (tertiary/aromatic N) is 1. The molecule has 1 N–H and O–H groups in total. The molecule has 6 heteroatoms. The van der Waals surface area contributed by atoms with Crippen molar-refractivity contribution in [2.45, 2.75) is 19.9 Å². The maximum absolute atomic E-state index is 12.4. The summed E-state index contributed by atoms with van der Waals surface area (Å²) < 4.78 is 5.16. The Morgan fingerprint density at radius 1 is 1.48 bits per heavy atom. The van der Waals surface area contributed by atoms with Crippen LogP contribution in [0.25, 0.3) is 0 Å². The second-order valence-electron chi connectivity index (χ2n) is 5.02. The standard InChI is InChI=1S/C17H19ClN2O3/c1-4-10-20-11(3)14(16(21)23-5-2)15(19-17(20)22)12-8-6-7-9-13(12)18/h4,6-9,15H,1,5,10H2,2-3H3,(H,19,22)/t15-/m0/s1. The van der Waals surface area contributed by atoms with Crippen molar-refractivity contribution in [3.8, 4) is 0 Å². The van der Waals surface area contributed by atoms with Gasteiger partial charge in [0.25, 0.3) is 0 Å². The molecule has 0 unspecified atom stereocenters. The molecule has 0 saturated heterocycles. The molecule has 0 spiro atoms. The first-order valence-corrected chi connectivity index (χ1v) is 7.70. The number of hydrogen-bond donors (Lipinski definition) is 1. The first-order chi connectivity index (χ1) is 11.0. The van der Waals surface area contributed by atoms with E-state index in [2.05, 4.69) is 11.9 Å². The SMILES string of the molecule is C=CCN1C(=O)N[C@@H](c2ccccc2Cl)C(C(=O)OCC)=C1C. The Hall–Kier alpha value is -2.27. The summed E-state index contributed by atoms with van der Waals surface area (Å²) in [7, 11) is 0. The minimum absolute atomic E-state index is 0.250. The van der Waals surface area contributed by atoms with Crippen molar-refractivity contribution in [1.29, 1.82) is 0 Å². The van der Waals surface area contributed by atoms with Crippen LogP contribution < -0.4 is 5.32 Å². The summed E-state index contributed by atoms with van der Waals surface area (Å²) in [5.74, 6) is -0.469. The van der Waals surface area contributed by atoms with Crippen molar-refractivity contribution >= 4 is 23.6 Å². The number of rotatable bonds is 5. The van der Waals surface area contributed by atoms with Crippen LogP contribution in [0.1, 0.15) is 25.5 Å². The first kappa shape index (κ1) is 17.1. The highest BCUT2D eigenvalue weighted by Crippen LogP contribution is 2.34. The van der Waals surface area contributed by atoms with Crippen LogP contribution in [0.5, 0.6) is 0 Å². The molecule has 0 fully saturated rings. The molecule has 1 aliphatic heterocycles. The Morgan fingerprint density at radius 3 is 2.78 bits per heavy atom. The number of esters is 1. The molecule has 0 saturated carbocycles. The van der Waals surface area contributed by atoms with Crippen LogP contribution in [0.4, 0.5) is 4.79 Å². The quantitative estimate of drug-likeness (QED) is 0.663. The van der Waals surface area contributed by atoms with Gasteiger partial charge in [-0.25, -0.2) is 9.59 Å². The number of ether oxygens (including phenoxy) is 1. The van der Waals surface area contributed by atoms with Gasteiger partial charge >= 0.3 is 12.0 Å². The van der Waals surface area contributed by atoms with Gasteiger partial charge in [-0.2, -0.15) is 0 Å². The average Bonchev–Trinajstić information content (AvgIpc) is 2.51. The summed E-state index contributed by atoms with van der Waals surface area (Å²) in [6, 6.07) is 6.15. The molecule has 0 radical (unpaired) electrons. The topological polar surface area (TPSA) is 58.6 Å². The maximum Gasteiger partial charge on any atom is 0.338 e. The minimum atomic E-state index is -0.642. The van der Waals surface area contributed by atoms with Gasteiger partial charge in [0, 0.05) is 17.3 Å². The summed E-state index contributed by atoms with van der Waals surface area (Å²) in [6.07, 6.45) is 1.60. The first-order valence-electron chi connectivity index (χ1n) is 7.32. The van der Waals surface area contributed by atoms with Crippen molar-refractivity contribution in [1.82, 2.24) is 10.2 Å². The van der Waals surface area contributed by atoms with E-state index < -0.39 is 12.0 Å². The molecule has 122 valence electrons. The molecule has 2 rings (SSSR count). The fourth-order valence-electron chi connectivity index (χ4n) is 2.55. The van der Waals surface area contributed by atoms with Crippen LogP contribution in [0.15, 0.2) is 48.2 Å². The van der Waals surface area contributed by atoms with E-state index in [0.717, 1.165) is 0 Å². The van der Waals surface area contributed by atoms with E-state index in [-0.39, 0.29) is 12.6 Å². The van der Waals surface area contributed by atoms with Gasteiger partial charge in [0.05, 0.1) is 18.2 Å². The highest BCUT2D eigenvalue weighted by Gasteiger charge is 2.36. The Kier molecular flexibility index (Phi) is 5.45. The van der Waals surface area contributed by atoms with Gasteiger partial charge in [0.15, 0.2) is 0 Å². The fraction of sp³-hybridized carbons (Fsp3) is 0.294. The molecule has 1 aromatic rings. The lowest BCUT2D eigenvalue weighted by atomic mass is 9.95. The van der Waals surface area contributed by atoms with E-state index in [4.69, 9.17) is 16.3 Å². The normalized spacial score (nSPS) is 17.8. The second-order valence-corrected chi connectivity index (χ2v) is 5.43. The van der Waals surface area contributed by atoms with Crippen molar-refractivity contribution in [3.63, 3.8) is 0 Å². The van der Waals surface area contributed by atoms with Crippen LogP contribution in [-0.4, -0.2) is 30.1 Å². The van der Waals surface area contributed by atoms with E-state index >= 15 is 0 Å². The number of allylic oxidation sites excluding steroid dienone is 1. The number of urea groups is 1. The molecule has 1 aromatic carbocycles. The Labute approximate surface area is 140 Å². The highest BCUT2D eigenvalue weighted by atomic mass is 35.5. The molecule has 0 aromatic heterocycles. The lowest BCUT2D eigenvalue weighted by Gasteiger charge is -2.35. The van der Waals surface area contributed by atoms with E-state index in [0.29, 0.717) is 28.4 Å². The molecule has 1 atom stereocenters. The van der Waals surface area contributed by atoms with Gasteiger partial charge in [-0.3, -0.25) is 4.90 Å². The van der Waals surface area contributed by atoms with Gasteiger partial charge in [-0.05, 0) is 25.5 Å². The summed E-state index contributed by atoms with van der Waals surface area (Å²) in [5.41, 5.74) is 1.57. The van der Waals surface area contributed by atoms with Crippen molar-refractivity contribution in [2.75, 3.05) is 13.2 Å². The molecular formula is C17H19ClN2O3. The number of amides is 2. The molecule has 2 amide bonds. The van der Waals surface area contributed by atoms with E-state index in [1.165, 1.54) is 4.90 Å². The van der Waals surface area contributed by atoms with E-state index in [9.17, 15) is 9.59 Å². The van der Waals surface area contributed by atoms with Gasteiger partial charge in [0.2, 0.25) is 0 Å². The lowest BCUT2D eigenvalue weighted by molar-refractivity contribution is -0.139. The Morgan fingerprint density at radius 2 is 2.17 bits per heavy atom. The van der Waals surface area contributed by atoms with Gasteiger partial charge in [-0.15, -0.1) is 6.58 Å². The van der Waals surface area contributed by atoms with Crippen LogP contribution >= 0.6 is 11.6 Å². The largest absolute Gasteiger partial charge is 0.463 e. The fourth-order valence-corrected chi connectivity index (χ4v) is 2.79. The molecule has 0 bridgehead atoms. The van der Waals surface area contributed by atoms with Gasteiger partial charge < -0.3 is 10.1 Å². The zero-order valence-electron chi connectivity index (χ0n) is 13.1. The number of hydrogen-bond acceptors (Lipinski definition) is 3. The Bertz CT molecular complexity index is 670. The van der Waals surface area contributed by atoms with Crippen LogP contribution in [0.3, 0.4) is 0 Å². The lowest BCUT2D eigenvalue weighted by Crippen LogP contribution is -2.48. The van der Waals surface area contributed by atoms with Gasteiger partial charge in [0.1, 0.15) is 0 Å². The summed E-state index contributed by atoms with van der Waals surface area (Å²) in [4.78, 5) is 26.2. The summed E-state index contributed by atoms with van der Waals surface area (Å²) in [5, 5.41) is 3.30. The number of nitrogens with one attached hydrogen (secondary N) is 1. The van der Waals surface area contributed by atoms with Crippen LogP contribution in [-0.2, 0) is 9.53 Å². The number of carbonyl (C=O) groups excluding carboxylic acids is 2. The van der Waals surface area contributed by atoms with Crippen molar-refractivity contribution in [3.05, 3.63) is 58.8 Å². The maximum atomic E-state index is 12.4. The molecule has 23 heavy (non-hydrogen) atoms. The van der Waals surface area contributed by atoms with E-state index in [1.807, 2.05) is 6.07 Å². The number of benzene rings is 1. The third-order valence-corrected chi connectivity index (χ3v) is 3.96. The van der Waals surface area contributed by atoms with Gasteiger partial charge in [-0.1, -0.05) is 35.9 Å². The molecule has 0 aliphatic carbocycles. The van der Waals surface area contributed by atoms with E-state index in [1.54, 1.807) is 38.1 Å². The molecule has 1 heterocycles. The smallest absolute Gasteiger partial charge is 0.338 e. The predicted molar refractivity (Wildman–Crippen MR) is 89.0 cm³/mol. The molecular weight excluding hydrogens is 316 g/mol. The monoisotopic (exact) mass is 334 g/mol. The predicted octanol–water partition coefficient (Wildman–Crippen LogP) is 3.43. The van der Waals surface area contributed by atoms with Crippen LogP contribution in [0, 0.1) is 0 Å². The zero-order chi connectivity index (χ0) is 17.0. The molecule has 5 nitrogen and oxygen atoms in total. The van der Waals surface area contributed by atoms with Crippen molar-refractivity contribution < 1.29 is 14.3 Å². The average molecular weight is 335 g/mol. The van der Waals surface area contributed by atoms with Crippen LogP contribution in [0.2, 0.25) is 5.02 Å². The zero-order valence-corrected chi connectivity index (χ0v) is 13.9. The number of halogens is 1. The number of carbonyl (C=O) groups is 2. The minimum Gasteiger partial charge on any atom is -0.463 e. The van der Waals surface area contributed by atoms with Crippen molar-refractivity contribution in [2.24, 2.45) is 0 Å². The molecule has 1 aliphatic rings. The summed E-state index contributed by atoms with van der Waals surface area (Å²) in [6.45, 7) is 7.65. The highest BCUT2D eigenvalue weighted by molar-refractivity contribution is 6.31. The third kappa shape index (κ3) is 3.40. The Balaban J connectivity index is 2.56. The third-order valence-electron chi connectivity index (χ3n) is 3.62.